The topological polar surface area (TPSA) is 61.6 Å². The lowest BCUT2D eigenvalue weighted by Gasteiger charge is -2.32. The third-order valence-corrected chi connectivity index (χ3v) is 3.98. The number of rotatable bonds is 2. The van der Waals surface area contributed by atoms with Crippen molar-refractivity contribution in [2.24, 2.45) is 0 Å². The molecule has 1 heterocycles. The highest BCUT2D eigenvalue weighted by Crippen LogP contribution is 2.39. The molecule has 0 aromatic carbocycles. The molecular weight excluding hydrogens is 252 g/mol. The molecule has 1 aliphatic heterocycles. The standard InChI is InChI=1S/C12H17BFNO4/c1-11(2)12(3,4)19-13(18-11)8-5-6-10(15(16)17)9(14)7-8/h5,7,10H,6H2,1-4H3/t10-/m0/s1. The molecule has 1 fully saturated rings. The lowest BCUT2D eigenvalue weighted by atomic mass is 9.75. The number of hydrogen-bond donors (Lipinski definition) is 0. The molecular formula is C12H17BFNO4. The van der Waals surface area contributed by atoms with Crippen molar-refractivity contribution in [1.29, 1.82) is 0 Å². The molecule has 0 aromatic heterocycles. The van der Waals surface area contributed by atoms with Gasteiger partial charge in [0.05, 0.1) is 11.2 Å². The Morgan fingerprint density at radius 1 is 1.37 bits per heavy atom. The molecule has 2 rings (SSSR count). The molecule has 1 atom stereocenters. The van der Waals surface area contributed by atoms with Crippen LogP contribution in [0.3, 0.4) is 0 Å². The van der Waals surface area contributed by atoms with Crippen LogP contribution in [0.5, 0.6) is 0 Å². The van der Waals surface area contributed by atoms with Crippen molar-refractivity contribution in [3.05, 3.63) is 33.6 Å². The summed E-state index contributed by atoms with van der Waals surface area (Å²) in [6, 6.07) is -1.29. The number of nitro groups is 1. The summed E-state index contributed by atoms with van der Waals surface area (Å²) in [4.78, 5) is 10.0. The third kappa shape index (κ3) is 2.44. The molecule has 5 nitrogen and oxygen atoms in total. The van der Waals surface area contributed by atoms with Crippen LogP contribution in [-0.2, 0) is 9.31 Å². The number of nitrogens with zero attached hydrogens (tertiary/aromatic N) is 1. The number of hydrogen-bond acceptors (Lipinski definition) is 4. The molecule has 19 heavy (non-hydrogen) atoms. The van der Waals surface area contributed by atoms with Crippen molar-refractivity contribution in [3.63, 3.8) is 0 Å². The summed E-state index contributed by atoms with van der Waals surface area (Å²) in [5.74, 6) is -0.753. The van der Waals surface area contributed by atoms with E-state index in [1.807, 2.05) is 27.7 Å². The van der Waals surface area contributed by atoms with Gasteiger partial charge in [0.25, 0.3) is 6.04 Å². The lowest BCUT2D eigenvalue weighted by molar-refractivity contribution is -0.514. The van der Waals surface area contributed by atoms with Gasteiger partial charge in [-0.15, -0.1) is 0 Å². The Balaban J connectivity index is 2.17. The van der Waals surface area contributed by atoms with E-state index in [0.29, 0.717) is 5.47 Å². The molecule has 0 bridgehead atoms. The molecule has 0 saturated carbocycles. The summed E-state index contributed by atoms with van der Waals surface area (Å²) >= 11 is 0. The van der Waals surface area contributed by atoms with E-state index >= 15 is 0 Å². The van der Waals surface area contributed by atoms with E-state index in [-0.39, 0.29) is 6.42 Å². The first kappa shape index (κ1) is 14.2. The van der Waals surface area contributed by atoms with Gasteiger partial charge in [-0.05, 0) is 39.2 Å². The lowest BCUT2D eigenvalue weighted by Crippen LogP contribution is -2.41. The van der Waals surface area contributed by atoms with E-state index in [1.165, 1.54) is 0 Å². The van der Waals surface area contributed by atoms with Gasteiger partial charge in [-0.25, -0.2) is 4.39 Å². The van der Waals surface area contributed by atoms with E-state index in [0.717, 1.165) is 6.08 Å². The van der Waals surface area contributed by atoms with Gasteiger partial charge in [0.15, 0.2) is 5.83 Å². The fraction of sp³-hybridized carbons (Fsp3) is 0.667. The highest BCUT2D eigenvalue weighted by Gasteiger charge is 2.52. The zero-order valence-electron chi connectivity index (χ0n) is 11.5. The summed E-state index contributed by atoms with van der Waals surface area (Å²) in [5, 5.41) is 10.6. The normalized spacial score (nSPS) is 28.9. The maximum atomic E-state index is 13.7. The minimum Gasteiger partial charge on any atom is -0.399 e. The molecule has 0 aromatic rings. The van der Waals surface area contributed by atoms with Crippen LogP contribution in [-0.4, -0.2) is 29.3 Å². The summed E-state index contributed by atoms with van der Waals surface area (Å²) in [6.45, 7) is 7.60. The zero-order valence-corrected chi connectivity index (χ0v) is 11.5. The van der Waals surface area contributed by atoms with E-state index in [1.54, 1.807) is 6.08 Å². The van der Waals surface area contributed by atoms with Crippen LogP contribution < -0.4 is 0 Å². The monoisotopic (exact) mass is 269 g/mol. The SMILES string of the molecule is CC1(C)OB(C2=CC[C@H]([N+](=O)[O-])C(F)=C2)OC1(C)C. The fourth-order valence-electron chi connectivity index (χ4n) is 2.00. The summed E-state index contributed by atoms with van der Waals surface area (Å²) in [6.07, 6.45) is 2.78. The Morgan fingerprint density at radius 2 is 1.89 bits per heavy atom. The average Bonchev–Trinajstić information content (AvgIpc) is 2.47. The molecule has 1 saturated heterocycles. The smallest absolute Gasteiger partial charge is 0.399 e. The van der Waals surface area contributed by atoms with Gasteiger partial charge in [0.2, 0.25) is 0 Å². The molecule has 1 aliphatic carbocycles. The van der Waals surface area contributed by atoms with Crippen LogP contribution in [0.25, 0.3) is 0 Å². The van der Waals surface area contributed by atoms with Crippen LogP contribution in [0.4, 0.5) is 4.39 Å². The van der Waals surface area contributed by atoms with Crippen LogP contribution in [0, 0.1) is 10.1 Å². The van der Waals surface area contributed by atoms with Crippen LogP contribution in [0.15, 0.2) is 23.5 Å². The molecule has 0 amide bonds. The van der Waals surface area contributed by atoms with Gasteiger partial charge in [0.1, 0.15) is 0 Å². The van der Waals surface area contributed by atoms with Crippen molar-refractivity contribution in [1.82, 2.24) is 0 Å². The Morgan fingerprint density at radius 3 is 2.32 bits per heavy atom. The van der Waals surface area contributed by atoms with E-state index < -0.39 is 35.1 Å². The van der Waals surface area contributed by atoms with Crippen molar-refractivity contribution in [3.8, 4) is 0 Å². The fourth-order valence-corrected chi connectivity index (χ4v) is 2.00. The minimum atomic E-state index is -1.29. The van der Waals surface area contributed by atoms with Crippen LogP contribution in [0.2, 0.25) is 0 Å². The van der Waals surface area contributed by atoms with E-state index in [4.69, 9.17) is 9.31 Å². The summed E-state index contributed by atoms with van der Waals surface area (Å²) < 4.78 is 25.2. The van der Waals surface area contributed by atoms with Gasteiger partial charge in [-0.2, -0.15) is 0 Å². The first-order valence-corrected chi connectivity index (χ1v) is 6.20. The predicted molar refractivity (Wildman–Crippen MR) is 68.8 cm³/mol. The number of allylic oxidation sites excluding steroid dienone is 2. The Kier molecular flexibility index (Phi) is 3.30. The predicted octanol–water partition coefficient (Wildman–Crippen LogP) is 2.45. The second kappa shape index (κ2) is 4.42. The molecule has 7 heteroatoms. The average molecular weight is 269 g/mol. The quantitative estimate of drug-likeness (QED) is 0.439. The largest absolute Gasteiger partial charge is 0.494 e. The van der Waals surface area contributed by atoms with Gasteiger partial charge in [-0.1, -0.05) is 6.08 Å². The summed E-state index contributed by atoms with van der Waals surface area (Å²) in [5.41, 5.74) is -0.514. The van der Waals surface area contributed by atoms with Crippen molar-refractivity contribution >= 4 is 7.12 Å². The highest BCUT2D eigenvalue weighted by molar-refractivity contribution is 6.55. The van der Waals surface area contributed by atoms with Crippen LogP contribution >= 0.6 is 0 Å². The number of halogens is 1. The van der Waals surface area contributed by atoms with Crippen molar-refractivity contribution < 1.29 is 18.6 Å². The molecule has 0 unspecified atom stereocenters. The highest BCUT2D eigenvalue weighted by atomic mass is 19.1. The third-order valence-electron chi connectivity index (χ3n) is 3.98. The molecule has 0 spiro atoms. The molecule has 104 valence electrons. The molecule has 2 aliphatic rings. The van der Waals surface area contributed by atoms with Crippen molar-refractivity contribution in [2.45, 2.75) is 51.4 Å². The zero-order chi connectivity index (χ0) is 14.4. The maximum absolute atomic E-state index is 13.7. The van der Waals surface area contributed by atoms with Crippen LogP contribution in [0.1, 0.15) is 34.1 Å². The van der Waals surface area contributed by atoms with E-state index in [9.17, 15) is 14.5 Å². The first-order chi connectivity index (χ1) is 8.64. The second-order valence-electron chi connectivity index (χ2n) is 5.86. The first-order valence-electron chi connectivity index (χ1n) is 6.20. The molecule has 0 N–H and O–H groups in total. The molecule has 0 radical (unpaired) electrons. The van der Waals surface area contributed by atoms with Gasteiger partial charge in [0, 0.05) is 11.3 Å². The van der Waals surface area contributed by atoms with Gasteiger partial charge in [-0.3, -0.25) is 10.1 Å². The minimum absolute atomic E-state index is 0.0226. The summed E-state index contributed by atoms with van der Waals surface area (Å²) in [7, 11) is -0.677. The second-order valence-corrected chi connectivity index (χ2v) is 5.86. The Bertz CT molecular complexity index is 456. The van der Waals surface area contributed by atoms with E-state index in [2.05, 4.69) is 0 Å². The van der Waals surface area contributed by atoms with Gasteiger partial charge >= 0.3 is 7.12 Å². The van der Waals surface area contributed by atoms with Crippen molar-refractivity contribution in [2.75, 3.05) is 0 Å². The Labute approximate surface area is 111 Å². The maximum Gasteiger partial charge on any atom is 0.494 e. The van der Waals surface area contributed by atoms with Gasteiger partial charge < -0.3 is 9.31 Å². The Hall–Kier alpha value is -1.21.